The molecule has 0 aliphatic carbocycles. The molecule has 1 aromatic carbocycles. The van der Waals surface area contributed by atoms with E-state index in [1.54, 1.807) is 12.1 Å². The van der Waals surface area contributed by atoms with Crippen LogP contribution < -0.4 is 56.8 Å². The maximum Gasteiger partial charge on any atom is 1.00 e. The van der Waals surface area contributed by atoms with E-state index in [2.05, 4.69) is 0 Å². The van der Waals surface area contributed by atoms with E-state index in [0.29, 0.717) is 5.56 Å². The Balaban J connectivity index is 0.00000225. The summed E-state index contributed by atoms with van der Waals surface area (Å²) in [7, 11) is 0. The maximum absolute atomic E-state index is 12.5. The summed E-state index contributed by atoms with van der Waals surface area (Å²) < 4.78 is 37.6. The summed E-state index contributed by atoms with van der Waals surface area (Å²) in [6.07, 6.45) is 0. The number of rotatable bonds is 1. The molecule has 0 N–H and O–H groups in total. The fourth-order valence-electron chi connectivity index (χ4n) is 1.51. The van der Waals surface area contributed by atoms with Crippen molar-refractivity contribution in [1.29, 1.82) is 0 Å². The van der Waals surface area contributed by atoms with E-state index >= 15 is 0 Å². The van der Waals surface area contributed by atoms with Gasteiger partial charge in [0.05, 0.1) is 0 Å². The quantitative estimate of drug-likeness (QED) is 0.634. The van der Waals surface area contributed by atoms with Gasteiger partial charge in [0.2, 0.25) is 0 Å². The van der Waals surface area contributed by atoms with Crippen molar-refractivity contribution in [3.63, 3.8) is 0 Å². The molecule has 0 atom stereocenters. The molecular weight excluding hydrogens is 239 g/mol. The molecule has 0 aromatic heterocycles. The Hall–Kier alpha value is 0.711. The number of aryl methyl sites for hydroxylation is 1. The second-order valence-electron chi connectivity index (χ2n) is 4.90. The van der Waals surface area contributed by atoms with Gasteiger partial charge in [-0.1, -0.05) is 44.5 Å². The SMILES string of the molecule is Cc1cc(C(C)(C)C)ccc1[B-](F)(F)F.[K+]. The standard InChI is InChI=1S/C11H15BF3.K/c1-8-7-9(11(2,3)4)5-6-10(8)12(13,14)15;/h5-7H,1-4H3;/q-1;+1. The summed E-state index contributed by atoms with van der Waals surface area (Å²) in [4.78, 5) is 0. The second kappa shape index (κ2) is 5.57. The fourth-order valence-corrected chi connectivity index (χ4v) is 1.51. The molecule has 0 amide bonds. The normalized spacial score (nSPS) is 12.2. The average molecular weight is 254 g/mol. The monoisotopic (exact) mass is 254 g/mol. The smallest absolute Gasteiger partial charge is 0.445 e. The molecule has 16 heavy (non-hydrogen) atoms. The molecule has 0 saturated carbocycles. The van der Waals surface area contributed by atoms with Crippen LogP contribution in [0.3, 0.4) is 0 Å². The first kappa shape index (κ1) is 16.7. The minimum absolute atomic E-state index is 0. The topological polar surface area (TPSA) is 0 Å². The zero-order valence-corrected chi connectivity index (χ0v) is 13.6. The molecule has 1 aromatic rings. The van der Waals surface area contributed by atoms with Crippen LogP contribution in [0, 0.1) is 6.92 Å². The third-order valence-corrected chi connectivity index (χ3v) is 2.49. The molecule has 0 heterocycles. The number of hydrogen-bond donors (Lipinski definition) is 0. The number of benzene rings is 1. The van der Waals surface area contributed by atoms with Crippen molar-refractivity contribution in [2.24, 2.45) is 0 Å². The van der Waals surface area contributed by atoms with E-state index in [9.17, 15) is 12.9 Å². The van der Waals surface area contributed by atoms with Crippen LogP contribution in [0.5, 0.6) is 0 Å². The zero-order valence-electron chi connectivity index (χ0n) is 10.4. The Morgan fingerprint density at radius 2 is 1.56 bits per heavy atom. The molecule has 0 spiro atoms. The van der Waals surface area contributed by atoms with Crippen LogP contribution in [-0.4, -0.2) is 6.98 Å². The van der Waals surface area contributed by atoms with Crippen LogP contribution in [0.25, 0.3) is 0 Å². The zero-order chi connectivity index (χ0) is 11.9. The molecule has 0 saturated heterocycles. The third kappa shape index (κ3) is 4.18. The molecule has 0 aliphatic heterocycles. The molecular formula is C11H15BF3K. The van der Waals surface area contributed by atoms with E-state index in [0.717, 1.165) is 5.56 Å². The summed E-state index contributed by atoms with van der Waals surface area (Å²) in [6, 6.07) is 4.39. The van der Waals surface area contributed by atoms with Gasteiger partial charge in [-0.05, 0) is 17.9 Å². The van der Waals surface area contributed by atoms with E-state index in [1.807, 2.05) is 20.8 Å². The Morgan fingerprint density at radius 1 is 1.06 bits per heavy atom. The van der Waals surface area contributed by atoms with Crippen LogP contribution in [0.15, 0.2) is 18.2 Å². The van der Waals surface area contributed by atoms with Gasteiger partial charge < -0.3 is 12.9 Å². The average Bonchev–Trinajstić information content (AvgIpc) is 1.99. The molecule has 0 radical (unpaired) electrons. The number of halogens is 3. The first-order valence-electron chi connectivity index (χ1n) is 4.93. The predicted octanol–water partition coefficient (Wildman–Crippen LogP) is 0.351. The first-order valence-corrected chi connectivity index (χ1v) is 4.93. The van der Waals surface area contributed by atoms with Crippen LogP contribution in [0.2, 0.25) is 0 Å². The number of hydrogen-bond acceptors (Lipinski definition) is 0. The van der Waals surface area contributed by atoms with Crippen molar-refractivity contribution in [3.8, 4) is 0 Å². The molecule has 0 nitrogen and oxygen atoms in total. The van der Waals surface area contributed by atoms with E-state index in [-0.39, 0.29) is 56.8 Å². The molecule has 0 fully saturated rings. The van der Waals surface area contributed by atoms with Crippen molar-refractivity contribution in [3.05, 3.63) is 29.3 Å². The second-order valence-corrected chi connectivity index (χ2v) is 4.90. The largest absolute Gasteiger partial charge is 1.00 e. The fraction of sp³-hybridized carbons (Fsp3) is 0.455. The third-order valence-electron chi connectivity index (χ3n) is 2.49. The van der Waals surface area contributed by atoms with Gasteiger partial charge in [0, 0.05) is 0 Å². The van der Waals surface area contributed by atoms with Crippen LogP contribution in [0.1, 0.15) is 31.9 Å². The Bertz CT molecular complexity index is 366. The summed E-state index contributed by atoms with van der Waals surface area (Å²) >= 11 is 0. The molecule has 0 aliphatic rings. The van der Waals surface area contributed by atoms with Gasteiger partial charge in [0.15, 0.2) is 0 Å². The minimum Gasteiger partial charge on any atom is -0.445 e. The van der Waals surface area contributed by atoms with E-state index in [4.69, 9.17) is 0 Å². The van der Waals surface area contributed by atoms with Crippen molar-refractivity contribution in [1.82, 2.24) is 0 Å². The minimum atomic E-state index is -4.88. The van der Waals surface area contributed by atoms with Gasteiger partial charge in [-0.25, -0.2) is 0 Å². The van der Waals surface area contributed by atoms with Crippen LogP contribution in [0.4, 0.5) is 12.9 Å². The van der Waals surface area contributed by atoms with Crippen molar-refractivity contribution >= 4 is 12.4 Å². The first-order chi connectivity index (χ1) is 6.62. The summed E-state index contributed by atoms with van der Waals surface area (Å²) in [5.74, 6) is 0. The summed E-state index contributed by atoms with van der Waals surface area (Å²) in [6.45, 7) is 2.59. The van der Waals surface area contributed by atoms with Gasteiger partial charge in [-0.2, -0.15) is 0 Å². The van der Waals surface area contributed by atoms with Gasteiger partial charge in [0.1, 0.15) is 0 Å². The van der Waals surface area contributed by atoms with Gasteiger partial charge in [0.25, 0.3) is 0 Å². The molecule has 0 unspecified atom stereocenters. The molecule has 5 heteroatoms. The summed E-state index contributed by atoms with van der Waals surface area (Å²) in [5.41, 5.74) is 0.656. The predicted molar refractivity (Wildman–Crippen MR) is 58.6 cm³/mol. The van der Waals surface area contributed by atoms with Crippen molar-refractivity contribution in [2.75, 3.05) is 0 Å². The van der Waals surface area contributed by atoms with Crippen molar-refractivity contribution in [2.45, 2.75) is 33.1 Å². The van der Waals surface area contributed by atoms with Gasteiger partial charge in [-0.15, -0.1) is 5.46 Å². The van der Waals surface area contributed by atoms with Gasteiger partial charge in [-0.3, -0.25) is 0 Å². The Labute approximate surface area is 137 Å². The molecule has 1 rings (SSSR count). The Morgan fingerprint density at radius 3 is 1.88 bits per heavy atom. The van der Waals surface area contributed by atoms with Crippen molar-refractivity contribution < 1.29 is 64.3 Å². The van der Waals surface area contributed by atoms with Crippen LogP contribution >= 0.6 is 0 Å². The maximum atomic E-state index is 12.5. The van der Waals surface area contributed by atoms with Gasteiger partial charge >= 0.3 is 58.4 Å². The van der Waals surface area contributed by atoms with E-state index in [1.165, 1.54) is 13.0 Å². The van der Waals surface area contributed by atoms with E-state index < -0.39 is 12.4 Å². The Kier molecular flexibility index (Phi) is 5.82. The van der Waals surface area contributed by atoms with Crippen LogP contribution in [-0.2, 0) is 5.41 Å². The molecule has 0 bridgehead atoms. The summed E-state index contributed by atoms with van der Waals surface area (Å²) in [5, 5.41) is 0. The molecule has 84 valence electrons.